The zero-order valence-electron chi connectivity index (χ0n) is 9.17. The average Bonchev–Trinajstić information content (AvgIpc) is 2.47. The third-order valence-electron chi connectivity index (χ3n) is 2.22. The molecular weight excluding hydrogens is 247 g/mol. The fourth-order valence-electron chi connectivity index (χ4n) is 1.58. The average molecular weight is 265 g/mol. The van der Waals surface area contributed by atoms with Crippen LogP contribution in [-0.4, -0.2) is 0 Å². The third-order valence-corrected chi connectivity index (χ3v) is 2.22. The molecule has 0 saturated carbocycles. The molecule has 0 aromatic heterocycles. The zero-order valence-corrected chi connectivity index (χ0v) is 11.6. The fraction of sp³-hybridized carbons (Fsp3) is 0.231. The standard InChI is InChI=1S/C11H11.2CH3.Zr/c1-2-9-7-8-10-5-3-4-6-11(9)10;;;/h3-6,8-9H,2H2,1H3;2*1H3;/q3*-1;+3. The maximum atomic E-state index is 3.35. The Morgan fingerprint density at radius 3 is 2.50 bits per heavy atom. The SMILES string of the molecule is CCC1[C-]=Cc2ccccc21.[CH3-].[CH3-].[Zr+3]. The van der Waals surface area contributed by atoms with Crippen LogP contribution in [0.2, 0.25) is 0 Å². The van der Waals surface area contributed by atoms with Gasteiger partial charge < -0.3 is 14.9 Å². The molecule has 0 N–H and O–H groups in total. The minimum atomic E-state index is 0. The molecule has 1 aromatic rings. The molecule has 1 aliphatic carbocycles. The Balaban J connectivity index is 0. The largest absolute Gasteiger partial charge is 3.00 e. The van der Waals surface area contributed by atoms with Crippen LogP contribution in [0.3, 0.4) is 0 Å². The monoisotopic (exact) mass is 263 g/mol. The van der Waals surface area contributed by atoms with Crippen molar-refractivity contribution in [2.45, 2.75) is 19.3 Å². The molecule has 0 amide bonds. The molecular formula is C13H17Zr. The normalized spacial score (nSPS) is 15.9. The Labute approximate surface area is 108 Å². The van der Waals surface area contributed by atoms with Crippen LogP contribution in [-0.2, 0) is 26.2 Å². The second-order valence-electron chi connectivity index (χ2n) is 2.90. The van der Waals surface area contributed by atoms with Crippen LogP contribution >= 0.6 is 0 Å². The van der Waals surface area contributed by atoms with Crippen molar-refractivity contribution >= 4 is 6.08 Å². The summed E-state index contributed by atoms with van der Waals surface area (Å²) in [6, 6.07) is 8.52. The van der Waals surface area contributed by atoms with Crippen molar-refractivity contribution in [1.29, 1.82) is 0 Å². The Bertz CT molecular complexity index is 289. The Morgan fingerprint density at radius 1 is 1.21 bits per heavy atom. The van der Waals surface area contributed by atoms with E-state index in [0.29, 0.717) is 5.92 Å². The summed E-state index contributed by atoms with van der Waals surface area (Å²) in [6.07, 6.45) is 6.61. The maximum absolute atomic E-state index is 3.35. The predicted octanol–water partition coefficient (Wildman–Crippen LogP) is 3.91. The zero-order chi connectivity index (χ0) is 7.68. The second kappa shape index (κ2) is 7.18. The van der Waals surface area contributed by atoms with Gasteiger partial charge in [0.25, 0.3) is 0 Å². The quantitative estimate of drug-likeness (QED) is 0.675. The number of benzene rings is 1. The van der Waals surface area contributed by atoms with Gasteiger partial charge in [0, 0.05) is 0 Å². The van der Waals surface area contributed by atoms with Gasteiger partial charge in [-0.25, -0.2) is 6.08 Å². The van der Waals surface area contributed by atoms with Crippen LogP contribution in [0.25, 0.3) is 6.08 Å². The van der Waals surface area contributed by atoms with Gasteiger partial charge in [0.2, 0.25) is 0 Å². The molecule has 1 aliphatic rings. The van der Waals surface area contributed by atoms with Crippen molar-refractivity contribution in [2.24, 2.45) is 0 Å². The minimum Gasteiger partial charge on any atom is -0.358 e. The van der Waals surface area contributed by atoms with Gasteiger partial charge in [0.05, 0.1) is 0 Å². The van der Waals surface area contributed by atoms with E-state index in [1.165, 1.54) is 11.1 Å². The molecule has 14 heavy (non-hydrogen) atoms. The Kier molecular flexibility index (Phi) is 8.35. The molecule has 0 nitrogen and oxygen atoms in total. The first-order chi connectivity index (χ1) is 5.42. The Hall–Kier alpha value is -0.157. The van der Waals surface area contributed by atoms with E-state index in [1.807, 2.05) is 0 Å². The molecule has 0 heterocycles. The van der Waals surface area contributed by atoms with Gasteiger partial charge >= 0.3 is 26.2 Å². The smallest absolute Gasteiger partial charge is 0.358 e. The number of allylic oxidation sites excluding steroid dienone is 1. The molecule has 0 aliphatic heterocycles. The van der Waals surface area contributed by atoms with E-state index in [1.54, 1.807) is 0 Å². The van der Waals surface area contributed by atoms with E-state index in [2.05, 4.69) is 43.3 Å². The van der Waals surface area contributed by atoms with E-state index in [4.69, 9.17) is 0 Å². The molecule has 1 radical (unpaired) electrons. The van der Waals surface area contributed by atoms with E-state index >= 15 is 0 Å². The molecule has 73 valence electrons. The van der Waals surface area contributed by atoms with Gasteiger partial charge in [-0.1, -0.05) is 37.5 Å². The van der Waals surface area contributed by atoms with E-state index in [9.17, 15) is 0 Å². The van der Waals surface area contributed by atoms with Gasteiger partial charge in [0.15, 0.2) is 0 Å². The van der Waals surface area contributed by atoms with Crippen LogP contribution < -0.4 is 0 Å². The summed E-state index contributed by atoms with van der Waals surface area (Å²) in [5.74, 6) is 0.547. The topological polar surface area (TPSA) is 0 Å². The number of hydrogen-bond acceptors (Lipinski definition) is 0. The number of hydrogen-bond donors (Lipinski definition) is 0. The van der Waals surface area contributed by atoms with Crippen LogP contribution in [0.5, 0.6) is 0 Å². The summed E-state index contributed by atoms with van der Waals surface area (Å²) in [4.78, 5) is 0. The van der Waals surface area contributed by atoms with Crippen molar-refractivity contribution in [3.63, 3.8) is 0 Å². The maximum Gasteiger partial charge on any atom is 3.00 e. The van der Waals surface area contributed by atoms with Gasteiger partial charge in [0.1, 0.15) is 0 Å². The second-order valence-corrected chi connectivity index (χ2v) is 2.90. The minimum absolute atomic E-state index is 0. The fourth-order valence-corrected chi connectivity index (χ4v) is 1.58. The number of fused-ring (bicyclic) bond motifs is 1. The molecule has 1 heteroatoms. The van der Waals surface area contributed by atoms with Gasteiger partial charge in [-0.15, -0.1) is 11.6 Å². The van der Waals surface area contributed by atoms with Crippen LogP contribution in [0.15, 0.2) is 24.3 Å². The number of rotatable bonds is 1. The first-order valence-electron chi connectivity index (χ1n) is 4.10. The predicted molar refractivity (Wildman–Crippen MR) is 60.0 cm³/mol. The summed E-state index contributed by atoms with van der Waals surface area (Å²) < 4.78 is 0. The summed E-state index contributed by atoms with van der Waals surface area (Å²) >= 11 is 0. The Morgan fingerprint density at radius 2 is 1.86 bits per heavy atom. The van der Waals surface area contributed by atoms with Crippen molar-refractivity contribution < 1.29 is 26.2 Å². The van der Waals surface area contributed by atoms with Crippen LogP contribution in [0.4, 0.5) is 0 Å². The molecule has 0 saturated heterocycles. The molecule has 1 unspecified atom stereocenters. The summed E-state index contributed by atoms with van der Waals surface area (Å²) in [7, 11) is 0. The molecule has 0 fully saturated rings. The van der Waals surface area contributed by atoms with E-state index in [0.717, 1.165) is 6.42 Å². The molecule has 1 atom stereocenters. The summed E-state index contributed by atoms with van der Waals surface area (Å²) in [6.45, 7) is 2.20. The van der Waals surface area contributed by atoms with Crippen LogP contribution in [0.1, 0.15) is 30.4 Å². The third kappa shape index (κ3) is 2.92. The van der Waals surface area contributed by atoms with Crippen molar-refractivity contribution in [3.8, 4) is 0 Å². The van der Waals surface area contributed by atoms with E-state index < -0.39 is 0 Å². The first-order valence-corrected chi connectivity index (χ1v) is 4.10. The van der Waals surface area contributed by atoms with Crippen molar-refractivity contribution in [3.05, 3.63) is 56.3 Å². The van der Waals surface area contributed by atoms with Gasteiger partial charge in [-0.05, 0) is 0 Å². The van der Waals surface area contributed by atoms with Gasteiger partial charge in [-0.2, -0.15) is 5.56 Å². The van der Waals surface area contributed by atoms with Gasteiger partial charge in [-0.3, -0.25) is 6.08 Å². The first kappa shape index (κ1) is 16.3. The van der Waals surface area contributed by atoms with Crippen molar-refractivity contribution in [2.75, 3.05) is 0 Å². The summed E-state index contributed by atoms with van der Waals surface area (Å²) in [5, 5.41) is 0. The molecule has 0 spiro atoms. The molecule has 2 rings (SSSR count). The van der Waals surface area contributed by atoms with Crippen molar-refractivity contribution in [1.82, 2.24) is 0 Å². The van der Waals surface area contributed by atoms with E-state index in [-0.39, 0.29) is 41.1 Å². The summed E-state index contributed by atoms with van der Waals surface area (Å²) in [5.41, 5.74) is 2.79. The molecule has 0 bridgehead atoms. The molecule has 1 aromatic carbocycles. The van der Waals surface area contributed by atoms with Crippen LogP contribution in [0, 0.1) is 20.9 Å².